The van der Waals surface area contributed by atoms with Crippen molar-refractivity contribution in [2.24, 2.45) is 7.05 Å². The summed E-state index contributed by atoms with van der Waals surface area (Å²) >= 11 is 0. The molecule has 0 radical (unpaired) electrons. The minimum Gasteiger partial charge on any atom is -0.373 e. The van der Waals surface area contributed by atoms with Gasteiger partial charge >= 0.3 is 0 Å². The fourth-order valence-electron chi connectivity index (χ4n) is 2.27. The first-order chi connectivity index (χ1) is 9.73. The first-order valence-electron chi connectivity index (χ1n) is 6.40. The zero-order chi connectivity index (χ0) is 15.8. The molecule has 0 amide bonds. The van der Waals surface area contributed by atoms with Gasteiger partial charge in [0.05, 0.1) is 4.90 Å². The molecule has 112 valence electrons. The molecule has 0 saturated carbocycles. The van der Waals surface area contributed by atoms with Gasteiger partial charge in [0.2, 0.25) is 0 Å². The van der Waals surface area contributed by atoms with Crippen LogP contribution in [0, 0.1) is 0 Å². The average molecular weight is 306 g/mol. The van der Waals surface area contributed by atoms with Gasteiger partial charge in [-0.3, -0.25) is 4.79 Å². The average Bonchev–Trinajstić information content (AvgIpc) is 2.40. The van der Waals surface area contributed by atoms with Crippen molar-refractivity contribution in [3.8, 4) is 11.1 Å². The van der Waals surface area contributed by atoms with E-state index in [2.05, 4.69) is 0 Å². The normalized spacial score (nSPS) is 11.4. The number of anilines is 1. The van der Waals surface area contributed by atoms with E-state index in [-0.39, 0.29) is 10.5 Å². The van der Waals surface area contributed by atoms with Crippen LogP contribution in [0.15, 0.2) is 46.2 Å². The number of nitrogens with zero attached hydrogens (tertiary/aromatic N) is 2. The van der Waals surface area contributed by atoms with Crippen LogP contribution in [-0.4, -0.2) is 33.3 Å². The summed E-state index contributed by atoms with van der Waals surface area (Å²) in [6.07, 6.45) is 2.53. The molecule has 0 aliphatic heterocycles. The van der Waals surface area contributed by atoms with Crippen LogP contribution in [0.1, 0.15) is 0 Å². The number of sulfone groups is 1. The van der Waals surface area contributed by atoms with Gasteiger partial charge in [-0.05, 0) is 5.56 Å². The molecular weight excluding hydrogens is 288 g/mol. The van der Waals surface area contributed by atoms with Crippen LogP contribution in [0.3, 0.4) is 0 Å². The van der Waals surface area contributed by atoms with Crippen molar-refractivity contribution in [3.63, 3.8) is 0 Å². The maximum Gasteiger partial charge on any atom is 0.274 e. The second kappa shape index (κ2) is 5.37. The second-order valence-corrected chi connectivity index (χ2v) is 7.15. The van der Waals surface area contributed by atoms with Crippen molar-refractivity contribution in [3.05, 3.63) is 46.9 Å². The summed E-state index contributed by atoms with van der Waals surface area (Å²) < 4.78 is 25.6. The quantitative estimate of drug-likeness (QED) is 0.863. The summed E-state index contributed by atoms with van der Waals surface area (Å²) in [5.41, 5.74) is 1.29. The highest BCUT2D eigenvalue weighted by molar-refractivity contribution is 7.90. The van der Waals surface area contributed by atoms with E-state index in [1.54, 1.807) is 38.2 Å². The molecule has 0 saturated heterocycles. The predicted molar refractivity (Wildman–Crippen MR) is 84.6 cm³/mol. The highest BCUT2D eigenvalue weighted by atomic mass is 32.2. The lowest BCUT2D eigenvalue weighted by Crippen LogP contribution is -2.28. The smallest absolute Gasteiger partial charge is 0.274 e. The number of hydrogen-bond donors (Lipinski definition) is 0. The maximum atomic E-state index is 12.4. The molecule has 21 heavy (non-hydrogen) atoms. The summed E-state index contributed by atoms with van der Waals surface area (Å²) in [5.74, 6) is 0. The molecule has 0 aliphatic carbocycles. The molecule has 0 fully saturated rings. The standard InChI is InChI=1S/C15H18N2O3S/c1-16(2)14-13(11-8-6-5-7-9-11)12(21(4,19)20)10-17(3)15(14)18/h5-10H,1-4H3. The van der Waals surface area contributed by atoms with Gasteiger partial charge in [-0.1, -0.05) is 30.3 Å². The molecule has 1 aromatic heterocycles. The molecular formula is C15H18N2O3S. The van der Waals surface area contributed by atoms with Crippen LogP contribution >= 0.6 is 0 Å². The summed E-state index contributed by atoms with van der Waals surface area (Å²) in [6.45, 7) is 0. The lowest BCUT2D eigenvalue weighted by molar-refractivity contribution is 0.600. The fourth-order valence-corrected chi connectivity index (χ4v) is 3.20. The number of pyridine rings is 1. The number of benzene rings is 1. The van der Waals surface area contributed by atoms with Crippen LogP contribution in [0.4, 0.5) is 5.69 Å². The SMILES string of the molecule is CN(C)c1c(-c2ccccc2)c(S(C)(=O)=O)cn(C)c1=O. The maximum absolute atomic E-state index is 12.4. The Morgan fingerprint density at radius 3 is 2.14 bits per heavy atom. The van der Waals surface area contributed by atoms with Crippen molar-refractivity contribution in [2.45, 2.75) is 4.90 Å². The van der Waals surface area contributed by atoms with Crippen molar-refractivity contribution in [1.82, 2.24) is 4.57 Å². The number of rotatable bonds is 3. The molecule has 1 aromatic carbocycles. The topological polar surface area (TPSA) is 59.4 Å². The fraction of sp³-hybridized carbons (Fsp3) is 0.267. The Balaban J connectivity index is 3.01. The zero-order valence-electron chi connectivity index (χ0n) is 12.5. The van der Waals surface area contributed by atoms with E-state index < -0.39 is 9.84 Å². The van der Waals surface area contributed by atoms with Gasteiger partial charge in [-0.2, -0.15) is 0 Å². The van der Waals surface area contributed by atoms with E-state index >= 15 is 0 Å². The van der Waals surface area contributed by atoms with E-state index in [0.29, 0.717) is 16.8 Å². The highest BCUT2D eigenvalue weighted by Crippen LogP contribution is 2.33. The summed E-state index contributed by atoms with van der Waals surface area (Å²) in [4.78, 5) is 14.2. The van der Waals surface area contributed by atoms with E-state index in [9.17, 15) is 13.2 Å². The number of aryl methyl sites for hydroxylation is 1. The van der Waals surface area contributed by atoms with Gasteiger partial charge in [0.1, 0.15) is 5.69 Å². The van der Waals surface area contributed by atoms with Crippen LogP contribution in [0.2, 0.25) is 0 Å². The third kappa shape index (κ3) is 2.85. The van der Waals surface area contributed by atoms with E-state index in [1.807, 2.05) is 18.2 Å². The monoisotopic (exact) mass is 306 g/mol. The molecule has 2 aromatic rings. The Labute approximate surface area is 124 Å². The lowest BCUT2D eigenvalue weighted by atomic mass is 10.0. The van der Waals surface area contributed by atoms with Crippen LogP contribution in [0.25, 0.3) is 11.1 Å². The van der Waals surface area contributed by atoms with E-state index in [0.717, 1.165) is 6.26 Å². The second-order valence-electron chi connectivity index (χ2n) is 5.17. The summed E-state index contributed by atoms with van der Waals surface area (Å²) in [6, 6.07) is 9.09. The first kappa shape index (κ1) is 15.3. The Kier molecular flexibility index (Phi) is 3.91. The molecule has 5 nitrogen and oxygen atoms in total. The van der Waals surface area contributed by atoms with Gasteiger partial charge in [-0.25, -0.2) is 8.42 Å². The zero-order valence-corrected chi connectivity index (χ0v) is 13.3. The minimum absolute atomic E-state index is 0.152. The van der Waals surface area contributed by atoms with Crippen LogP contribution in [-0.2, 0) is 16.9 Å². The van der Waals surface area contributed by atoms with Crippen molar-refractivity contribution in [2.75, 3.05) is 25.3 Å². The Bertz CT molecular complexity index is 822. The Hall–Kier alpha value is -2.08. The number of hydrogen-bond acceptors (Lipinski definition) is 4. The summed E-state index contributed by atoms with van der Waals surface area (Å²) in [5, 5.41) is 0. The Morgan fingerprint density at radius 2 is 1.67 bits per heavy atom. The molecule has 0 N–H and O–H groups in total. The lowest BCUT2D eigenvalue weighted by Gasteiger charge is -2.20. The van der Waals surface area contributed by atoms with E-state index in [1.165, 1.54) is 10.8 Å². The van der Waals surface area contributed by atoms with Crippen LogP contribution < -0.4 is 10.5 Å². The molecule has 0 unspecified atom stereocenters. The highest BCUT2D eigenvalue weighted by Gasteiger charge is 2.23. The van der Waals surface area contributed by atoms with Gasteiger partial charge in [0.15, 0.2) is 9.84 Å². The van der Waals surface area contributed by atoms with E-state index in [4.69, 9.17) is 0 Å². The molecule has 0 spiro atoms. The molecule has 0 atom stereocenters. The predicted octanol–water partition coefficient (Wildman–Crippen LogP) is 1.52. The van der Waals surface area contributed by atoms with Gasteiger partial charge in [0.25, 0.3) is 5.56 Å². The minimum atomic E-state index is -3.46. The van der Waals surface area contributed by atoms with Gasteiger partial charge in [-0.15, -0.1) is 0 Å². The molecule has 1 heterocycles. The van der Waals surface area contributed by atoms with Gasteiger partial charge in [0, 0.05) is 39.2 Å². The Morgan fingerprint density at radius 1 is 1.10 bits per heavy atom. The van der Waals surface area contributed by atoms with Crippen LogP contribution in [0.5, 0.6) is 0 Å². The molecule has 0 aliphatic rings. The molecule has 0 bridgehead atoms. The third-order valence-corrected chi connectivity index (χ3v) is 4.33. The van der Waals surface area contributed by atoms with Crippen molar-refractivity contribution in [1.29, 1.82) is 0 Å². The molecule has 6 heteroatoms. The largest absolute Gasteiger partial charge is 0.373 e. The number of aromatic nitrogens is 1. The molecule has 2 rings (SSSR count). The first-order valence-corrected chi connectivity index (χ1v) is 8.29. The van der Waals surface area contributed by atoms with Crippen molar-refractivity contribution >= 4 is 15.5 Å². The van der Waals surface area contributed by atoms with Crippen molar-refractivity contribution < 1.29 is 8.42 Å². The van der Waals surface area contributed by atoms with Gasteiger partial charge < -0.3 is 9.47 Å². The third-order valence-electron chi connectivity index (χ3n) is 3.23. The summed E-state index contributed by atoms with van der Waals surface area (Å²) in [7, 11) is 1.55.